The minimum absolute atomic E-state index is 0.0626. The number of hydrogen-bond donors (Lipinski definition) is 2. The molecule has 1 aromatic heterocycles. The van der Waals surface area contributed by atoms with Crippen LogP contribution in [0.5, 0.6) is 5.75 Å². The van der Waals surface area contributed by atoms with Crippen LogP contribution in [0.3, 0.4) is 0 Å². The second kappa shape index (κ2) is 4.91. The molecule has 0 aliphatic heterocycles. The molecule has 0 fully saturated rings. The average molecular weight is 295 g/mol. The number of carboxylic acid groups (broad SMARTS) is 1. The number of hydrogen-bond acceptors (Lipinski definition) is 2. The number of aromatic carboxylic acids is 1. The predicted octanol–water partition coefficient (Wildman–Crippen LogP) is 3.96. The Morgan fingerprint density at radius 2 is 1.64 bits per heavy atom. The lowest BCUT2D eigenvalue weighted by molar-refractivity contribution is 0.0698. The van der Waals surface area contributed by atoms with E-state index in [4.69, 9.17) is 0 Å². The van der Waals surface area contributed by atoms with Gasteiger partial charge in [-0.1, -0.05) is 6.07 Å². The molecule has 2 N–H and O–H groups in total. The van der Waals surface area contributed by atoms with Crippen LogP contribution in [0.15, 0.2) is 36.4 Å². The number of fused-ring (bicyclic) bond motifs is 1. The van der Waals surface area contributed by atoms with Crippen molar-refractivity contribution in [3.63, 3.8) is 0 Å². The molecule has 0 aliphatic rings. The largest absolute Gasteiger partial charge is 0.508 e. The van der Waals surface area contributed by atoms with Gasteiger partial charge in [0.15, 0.2) is 0 Å². The maximum Gasteiger partial charge on any atom is 0.338 e. The number of carbonyl (C=O) groups is 1. The van der Waals surface area contributed by atoms with Crippen molar-refractivity contribution >= 4 is 16.9 Å². The standard InChI is InChI=1S/C18H17NO3/c1-10-6-11(2)8-13(7-10)19-12(3)17(18(21)22)15-9-14(20)4-5-16(15)19/h4-9,20H,1-3H3,(H,21,22). The summed E-state index contributed by atoms with van der Waals surface area (Å²) in [6.07, 6.45) is 0. The van der Waals surface area contributed by atoms with Crippen LogP contribution in [0.1, 0.15) is 27.2 Å². The van der Waals surface area contributed by atoms with Gasteiger partial charge in [-0.15, -0.1) is 0 Å². The molecule has 0 unspecified atom stereocenters. The highest BCUT2D eigenvalue weighted by Gasteiger charge is 2.20. The maximum absolute atomic E-state index is 11.6. The zero-order chi connectivity index (χ0) is 16.0. The number of aryl methyl sites for hydroxylation is 2. The molecular weight excluding hydrogens is 278 g/mol. The Labute approximate surface area is 128 Å². The van der Waals surface area contributed by atoms with E-state index in [2.05, 4.69) is 6.07 Å². The normalized spacial score (nSPS) is 11.0. The van der Waals surface area contributed by atoms with Gasteiger partial charge >= 0.3 is 5.97 Å². The SMILES string of the molecule is Cc1cc(C)cc(-n2c(C)c(C(=O)O)c3cc(O)ccc32)c1. The van der Waals surface area contributed by atoms with Crippen molar-refractivity contribution in [1.29, 1.82) is 0 Å². The number of nitrogens with zero attached hydrogens (tertiary/aromatic N) is 1. The first-order chi connectivity index (χ1) is 10.4. The van der Waals surface area contributed by atoms with Crippen LogP contribution in [0.2, 0.25) is 0 Å². The second-order valence-corrected chi connectivity index (χ2v) is 5.65. The van der Waals surface area contributed by atoms with Gasteiger partial charge in [0.2, 0.25) is 0 Å². The molecule has 0 amide bonds. The van der Waals surface area contributed by atoms with Crippen LogP contribution in [-0.2, 0) is 0 Å². The van der Waals surface area contributed by atoms with E-state index in [9.17, 15) is 15.0 Å². The smallest absolute Gasteiger partial charge is 0.338 e. The number of phenolic OH excluding ortho intramolecular Hbond substituents is 1. The lowest BCUT2D eigenvalue weighted by Crippen LogP contribution is -2.02. The fraction of sp³-hybridized carbons (Fsp3) is 0.167. The van der Waals surface area contributed by atoms with Crippen molar-refractivity contribution in [2.75, 3.05) is 0 Å². The van der Waals surface area contributed by atoms with E-state index in [1.54, 1.807) is 19.1 Å². The summed E-state index contributed by atoms with van der Waals surface area (Å²) in [7, 11) is 0. The first-order valence-electron chi connectivity index (χ1n) is 7.04. The van der Waals surface area contributed by atoms with Crippen molar-refractivity contribution < 1.29 is 15.0 Å². The van der Waals surface area contributed by atoms with Gasteiger partial charge in [0.1, 0.15) is 5.75 Å². The molecule has 0 spiro atoms. The first kappa shape index (κ1) is 14.2. The van der Waals surface area contributed by atoms with Crippen LogP contribution < -0.4 is 0 Å². The summed E-state index contributed by atoms with van der Waals surface area (Å²) in [5.74, 6) is -0.927. The Balaban J connectivity index is 2.44. The molecule has 1 heterocycles. The molecular formula is C18H17NO3. The van der Waals surface area contributed by atoms with Crippen molar-refractivity contribution in [2.45, 2.75) is 20.8 Å². The number of carboxylic acids is 1. The molecule has 2 aromatic carbocycles. The minimum Gasteiger partial charge on any atom is -0.508 e. The fourth-order valence-electron chi connectivity index (χ4n) is 3.09. The molecule has 4 heteroatoms. The third-order valence-electron chi connectivity index (χ3n) is 3.87. The van der Waals surface area contributed by atoms with Gasteiger partial charge in [0, 0.05) is 16.8 Å². The number of aromatic nitrogens is 1. The zero-order valence-electron chi connectivity index (χ0n) is 12.7. The molecule has 3 rings (SSSR count). The molecule has 22 heavy (non-hydrogen) atoms. The Bertz CT molecular complexity index is 886. The van der Waals surface area contributed by atoms with E-state index in [0.717, 1.165) is 22.3 Å². The molecule has 0 saturated heterocycles. The lowest BCUT2D eigenvalue weighted by Gasteiger charge is -2.11. The minimum atomic E-state index is -0.990. The summed E-state index contributed by atoms with van der Waals surface area (Å²) in [4.78, 5) is 11.6. The van der Waals surface area contributed by atoms with E-state index >= 15 is 0 Å². The molecule has 0 atom stereocenters. The van der Waals surface area contributed by atoms with Crippen LogP contribution in [0.4, 0.5) is 0 Å². The van der Waals surface area contributed by atoms with Gasteiger partial charge in [0.05, 0.1) is 11.1 Å². The fourth-order valence-corrected chi connectivity index (χ4v) is 3.09. The molecule has 0 aliphatic carbocycles. The van der Waals surface area contributed by atoms with E-state index in [0.29, 0.717) is 11.1 Å². The van der Waals surface area contributed by atoms with Gasteiger partial charge in [0.25, 0.3) is 0 Å². The summed E-state index contributed by atoms with van der Waals surface area (Å²) in [5, 5.41) is 19.8. The molecule has 0 saturated carbocycles. The van der Waals surface area contributed by atoms with Crippen LogP contribution in [0.25, 0.3) is 16.6 Å². The molecule has 3 aromatic rings. The number of rotatable bonds is 2. The Kier molecular flexibility index (Phi) is 3.17. The monoisotopic (exact) mass is 295 g/mol. The Hall–Kier alpha value is -2.75. The summed E-state index contributed by atoms with van der Waals surface area (Å²) in [6.45, 7) is 5.82. The van der Waals surface area contributed by atoms with Gasteiger partial charge in [-0.05, 0) is 62.2 Å². The predicted molar refractivity (Wildman–Crippen MR) is 86.1 cm³/mol. The van der Waals surface area contributed by atoms with E-state index in [-0.39, 0.29) is 11.3 Å². The summed E-state index contributed by atoms with van der Waals surface area (Å²) in [5.41, 5.74) is 4.82. The van der Waals surface area contributed by atoms with Crippen molar-refractivity contribution in [1.82, 2.24) is 4.57 Å². The summed E-state index contributed by atoms with van der Waals surface area (Å²) < 4.78 is 1.93. The van der Waals surface area contributed by atoms with E-state index < -0.39 is 5.97 Å². The molecule has 4 nitrogen and oxygen atoms in total. The number of benzene rings is 2. The number of phenols is 1. The third kappa shape index (κ3) is 2.13. The van der Waals surface area contributed by atoms with Crippen molar-refractivity contribution in [3.8, 4) is 11.4 Å². The quantitative estimate of drug-likeness (QED) is 0.752. The van der Waals surface area contributed by atoms with Crippen LogP contribution in [-0.4, -0.2) is 20.7 Å². The summed E-state index contributed by atoms with van der Waals surface area (Å²) in [6, 6.07) is 11.0. The molecule has 0 bridgehead atoms. The first-order valence-corrected chi connectivity index (χ1v) is 7.04. The van der Waals surface area contributed by atoms with E-state index in [1.807, 2.05) is 30.5 Å². The van der Waals surface area contributed by atoms with Gasteiger partial charge < -0.3 is 14.8 Å². The van der Waals surface area contributed by atoms with Crippen molar-refractivity contribution in [2.24, 2.45) is 0 Å². The molecule has 112 valence electrons. The average Bonchev–Trinajstić information content (AvgIpc) is 2.68. The van der Waals surface area contributed by atoms with Gasteiger partial charge in [-0.25, -0.2) is 4.79 Å². The van der Waals surface area contributed by atoms with Crippen LogP contribution in [0, 0.1) is 20.8 Å². The molecule has 0 radical (unpaired) electrons. The van der Waals surface area contributed by atoms with Gasteiger partial charge in [-0.3, -0.25) is 0 Å². The number of aromatic hydroxyl groups is 1. The lowest BCUT2D eigenvalue weighted by atomic mass is 10.1. The summed E-state index contributed by atoms with van der Waals surface area (Å²) >= 11 is 0. The second-order valence-electron chi connectivity index (χ2n) is 5.65. The van der Waals surface area contributed by atoms with Gasteiger partial charge in [-0.2, -0.15) is 0 Å². The maximum atomic E-state index is 11.6. The Morgan fingerprint density at radius 1 is 1.00 bits per heavy atom. The van der Waals surface area contributed by atoms with E-state index in [1.165, 1.54) is 6.07 Å². The highest BCUT2D eigenvalue weighted by Crippen LogP contribution is 2.32. The Morgan fingerprint density at radius 3 is 2.23 bits per heavy atom. The third-order valence-corrected chi connectivity index (χ3v) is 3.87. The zero-order valence-corrected chi connectivity index (χ0v) is 12.7. The topological polar surface area (TPSA) is 62.5 Å². The van der Waals surface area contributed by atoms with Crippen molar-refractivity contribution in [3.05, 3.63) is 58.8 Å². The highest BCUT2D eigenvalue weighted by atomic mass is 16.4. The van der Waals surface area contributed by atoms with Crippen LogP contribution >= 0.6 is 0 Å². The highest BCUT2D eigenvalue weighted by molar-refractivity contribution is 6.06.